The van der Waals surface area contributed by atoms with Crippen molar-refractivity contribution in [3.63, 3.8) is 0 Å². The van der Waals surface area contributed by atoms with E-state index in [4.69, 9.17) is 4.74 Å². The van der Waals surface area contributed by atoms with E-state index < -0.39 is 35.3 Å². The Labute approximate surface area is 205 Å². The Morgan fingerprint density at radius 2 is 1.83 bits per heavy atom. The van der Waals surface area contributed by atoms with Gasteiger partial charge in [-0.15, -0.1) is 0 Å². The van der Waals surface area contributed by atoms with Gasteiger partial charge in [0, 0.05) is 5.56 Å². The van der Waals surface area contributed by atoms with Gasteiger partial charge in [0.2, 0.25) is 0 Å². The van der Waals surface area contributed by atoms with Crippen molar-refractivity contribution in [3.8, 4) is 0 Å². The van der Waals surface area contributed by atoms with E-state index in [1.165, 1.54) is 17.0 Å². The Morgan fingerprint density at radius 3 is 2.46 bits per heavy atom. The molecule has 35 heavy (non-hydrogen) atoms. The predicted molar refractivity (Wildman–Crippen MR) is 130 cm³/mol. The van der Waals surface area contributed by atoms with Gasteiger partial charge in [0.15, 0.2) is 5.13 Å². The first-order valence-corrected chi connectivity index (χ1v) is 11.7. The van der Waals surface area contributed by atoms with Crippen LogP contribution in [0.5, 0.6) is 0 Å². The number of thiazole rings is 1. The van der Waals surface area contributed by atoms with Crippen LogP contribution >= 0.6 is 11.3 Å². The van der Waals surface area contributed by atoms with Gasteiger partial charge in [-0.3, -0.25) is 14.5 Å². The Kier molecular flexibility index (Phi) is 6.53. The molecule has 2 heterocycles. The van der Waals surface area contributed by atoms with Gasteiger partial charge in [-0.05, 0) is 44.9 Å². The number of aryl methyl sites for hydroxylation is 3. The molecule has 3 aromatic rings. The lowest BCUT2D eigenvalue weighted by atomic mass is 9.94. The number of aliphatic hydroxyl groups excluding tert-OH is 1. The second-order valence-electron chi connectivity index (χ2n) is 8.18. The molecule has 1 aliphatic rings. The van der Waals surface area contributed by atoms with Gasteiger partial charge in [-0.1, -0.05) is 53.3 Å². The number of anilines is 1. The summed E-state index contributed by atoms with van der Waals surface area (Å²) in [4.78, 5) is 44.6. The molecule has 0 aliphatic carbocycles. The SMILES string of the molecule is CCOC(=O)c1sc(N2C(=O)C(=O)/C(=C(\O)c3ccc(C)c(F)c3)C2c2ccc(C)cc2)nc1C. The zero-order valence-corrected chi connectivity index (χ0v) is 20.4. The van der Waals surface area contributed by atoms with Crippen molar-refractivity contribution in [2.75, 3.05) is 11.5 Å². The first-order valence-electron chi connectivity index (χ1n) is 10.9. The maximum atomic E-state index is 14.2. The molecule has 0 radical (unpaired) electrons. The molecule has 180 valence electrons. The fourth-order valence-corrected chi connectivity index (χ4v) is 4.85. The number of aliphatic hydroxyl groups is 1. The third-order valence-corrected chi connectivity index (χ3v) is 6.87. The minimum Gasteiger partial charge on any atom is -0.507 e. The molecule has 1 fully saturated rings. The number of aromatic nitrogens is 1. The lowest BCUT2D eigenvalue weighted by molar-refractivity contribution is -0.132. The van der Waals surface area contributed by atoms with Gasteiger partial charge in [0.05, 0.1) is 23.9 Å². The second kappa shape index (κ2) is 9.42. The summed E-state index contributed by atoms with van der Waals surface area (Å²) in [5, 5.41) is 11.2. The summed E-state index contributed by atoms with van der Waals surface area (Å²) in [6, 6.07) is 10.2. The quantitative estimate of drug-likeness (QED) is 0.232. The highest BCUT2D eigenvalue weighted by molar-refractivity contribution is 7.17. The lowest BCUT2D eigenvalue weighted by Gasteiger charge is -2.23. The van der Waals surface area contributed by atoms with E-state index in [1.54, 1.807) is 32.9 Å². The van der Waals surface area contributed by atoms with Crippen LogP contribution in [0.25, 0.3) is 5.76 Å². The third kappa shape index (κ3) is 4.35. The molecular formula is C26H23FN2O5S. The number of hydrogen-bond acceptors (Lipinski definition) is 7. The normalized spacial score (nSPS) is 17.2. The number of esters is 1. The molecule has 1 N–H and O–H groups in total. The number of carbonyl (C=O) groups is 3. The molecule has 1 aromatic heterocycles. The predicted octanol–water partition coefficient (Wildman–Crippen LogP) is 5.01. The topological polar surface area (TPSA) is 96.8 Å². The van der Waals surface area contributed by atoms with Crippen LogP contribution in [0, 0.1) is 26.6 Å². The number of rotatable bonds is 5. The molecule has 0 spiro atoms. The molecule has 9 heteroatoms. The van der Waals surface area contributed by atoms with Crippen molar-refractivity contribution >= 4 is 39.9 Å². The van der Waals surface area contributed by atoms with Crippen LogP contribution in [0.4, 0.5) is 9.52 Å². The Bertz CT molecular complexity index is 1380. The minimum atomic E-state index is -1.03. The molecule has 0 bridgehead atoms. The number of amides is 1. The van der Waals surface area contributed by atoms with Gasteiger partial charge in [-0.25, -0.2) is 14.2 Å². The van der Waals surface area contributed by atoms with E-state index in [0.29, 0.717) is 16.8 Å². The van der Waals surface area contributed by atoms with Crippen molar-refractivity contribution in [1.82, 2.24) is 4.98 Å². The first kappa shape index (κ1) is 24.3. The summed E-state index contributed by atoms with van der Waals surface area (Å²) < 4.78 is 19.3. The van der Waals surface area contributed by atoms with Crippen molar-refractivity contribution < 1.29 is 28.6 Å². The molecule has 1 saturated heterocycles. The Balaban J connectivity index is 1.92. The van der Waals surface area contributed by atoms with Crippen LogP contribution in [0.15, 0.2) is 48.0 Å². The fraction of sp³-hybridized carbons (Fsp3) is 0.231. The average molecular weight is 495 g/mol. The smallest absolute Gasteiger partial charge is 0.350 e. The number of Topliss-reactive ketones (excluding diaryl/α,β-unsaturated/α-hetero) is 1. The monoisotopic (exact) mass is 494 g/mol. The summed E-state index contributed by atoms with van der Waals surface area (Å²) in [6.45, 7) is 6.94. The van der Waals surface area contributed by atoms with Crippen LogP contribution in [0.1, 0.15) is 50.6 Å². The summed E-state index contributed by atoms with van der Waals surface area (Å²) >= 11 is 0.929. The molecule has 1 aliphatic heterocycles. The number of halogens is 1. The highest BCUT2D eigenvalue weighted by Crippen LogP contribution is 2.44. The number of hydrogen-bond donors (Lipinski definition) is 1. The maximum Gasteiger partial charge on any atom is 0.350 e. The maximum absolute atomic E-state index is 14.2. The number of carbonyl (C=O) groups excluding carboxylic acids is 3. The van der Waals surface area contributed by atoms with Crippen molar-refractivity contribution in [3.05, 3.63) is 86.7 Å². The molecule has 0 saturated carbocycles. The lowest BCUT2D eigenvalue weighted by Crippen LogP contribution is -2.29. The van der Waals surface area contributed by atoms with E-state index in [0.717, 1.165) is 23.0 Å². The van der Waals surface area contributed by atoms with Gasteiger partial charge in [0.1, 0.15) is 16.5 Å². The molecular weight excluding hydrogens is 471 g/mol. The first-order chi connectivity index (χ1) is 16.6. The van der Waals surface area contributed by atoms with E-state index in [1.807, 2.05) is 19.1 Å². The fourth-order valence-electron chi connectivity index (χ4n) is 3.86. The van der Waals surface area contributed by atoms with E-state index in [9.17, 15) is 23.9 Å². The van der Waals surface area contributed by atoms with Gasteiger partial charge in [0.25, 0.3) is 5.78 Å². The summed E-state index contributed by atoms with van der Waals surface area (Å²) in [5.74, 6) is -3.46. The molecule has 1 atom stereocenters. The second-order valence-corrected chi connectivity index (χ2v) is 9.15. The largest absolute Gasteiger partial charge is 0.507 e. The summed E-state index contributed by atoms with van der Waals surface area (Å²) in [7, 11) is 0. The van der Waals surface area contributed by atoms with E-state index in [-0.39, 0.29) is 27.8 Å². The van der Waals surface area contributed by atoms with Crippen molar-refractivity contribution in [1.29, 1.82) is 0 Å². The molecule has 4 rings (SSSR count). The molecule has 1 unspecified atom stereocenters. The average Bonchev–Trinajstić information content (AvgIpc) is 3.33. The number of nitrogens with zero attached hydrogens (tertiary/aromatic N) is 2. The van der Waals surface area contributed by atoms with E-state index in [2.05, 4.69) is 4.98 Å². The minimum absolute atomic E-state index is 0.0748. The third-order valence-electron chi connectivity index (χ3n) is 5.73. The number of ketones is 1. The van der Waals surface area contributed by atoms with Crippen LogP contribution in [0.2, 0.25) is 0 Å². The van der Waals surface area contributed by atoms with Gasteiger partial charge in [-0.2, -0.15) is 0 Å². The highest BCUT2D eigenvalue weighted by atomic mass is 32.1. The van der Waals surface area contributed by atoms with Crippen molar-refractivity contribution in [2.24, 2.45) is 0 Å². The zero-order chi connectivity index (χ0) is 25.4. The van der Waals surface area contributed by atoms with Crippen LogP contribution in [-0.2, 0) is 14.3 Å². The van der Waals surface area contributed by atoms with Gasteiger partial charge < -0.3 is 9.84 Å². The van der Waals surface area contributed by atoms with Gasteiger partial charge >= 0.3 is 11.9 Å². The van der Waals surface area contributed by atoms with Crippen molar-refractivity contribution in [2.45, 2.75) is 33.7 Å². The van der Waals surface area contributed by atoms with Crippen LogP contribution in [0.3, 0.4) is 0 Å². The number of benzene rings is 2. The summed E-state index contributed by atoms with van der Waals surface area (Å²) in [5.41, 5.74) is 2.13. The van der Waals surface area contributed by atoms with Crippen LogP contribution < -0.4 is 4.90 Å². The highest BCUT2D eigenvalue weighted by Gasteiger charge is 2.48. The standard InChI is InChI=1S/C26H23FN2O5S/c1-5-34-25(33)23-15(4)28-26(35-23)29-20(16-9-6-13(2)7-10-16)19(22(31)24(29)32)21(30)17-11-8-14(3)18(27)12-17/h6-12,20,30H,5H2,1-4H3/b21-19-. The zero-order valence-electron chi connectivity index (χ0n) is 19.6. The molecule has 7 nitrogen and oxygen atoms in total. The Morgan fingerprint density at radius 1 is 1.14 bits per heavy atom. The number of ether oxygens (including phenoxy) is 1. The Hall–Kier alpha value is -3.85. The molecule has 1 amide bonds. The molecule has 2 aromatic carbocycles. The summed E-state index contributed by atoms with van der Waals surface area (Å²) in [6.07, 6.45) is 0. The van der Waals surface area contributed by atoms with E-state index >= 15 is 0 Å². The van der Waals surface area contributed by atoms with Crippen LogP contribution in [-0.4, -0.2) is 34.4 Å².